The van der Waals surface area contributed by atoms with Crippen LogP contribution >= 0.6 is 0 Å². The topological polar surface area (TPSA) is 44.7 Å². The maximum atomic E-state index is 13.5. The molecule has 1 heterocycles. The fraction of sp³-hybridized carbons (Fsp3) is 0.478. The lowest BCUT2D eigenvalue weighted by atomic mass is 9.91. The van der Waals surface area contributed by atoms with Gasteiger partial charge in [-0.3, -0.25) is 0 Å². The molecule has 0 bridgehead atoms. The number of fused-ring (bicyclic) bond motifs is 1. The zero-order chi connectivity index (χ0) is 20.5. The third kappa shape index (κ3) is 4.96. The van der Waals surface area contributed by atoms with Gasteiger partial charge in [0.05, 0.1) is 6.54 Å². The first-order chi connectivity index (χ1) is 13.1. The summed E-state index contributed by atoms with van der Waals surface area (Å²) < 4.78 is 19.2. The van der Waals surface area contributed by atoms with E-state index in [1.54, 1.807) is 6.07 Å². The number of halogens is 1. The van der Waals surface area contributed by atoms with Gasteiger partial charge in [0.25, 0.3) is 0 Å². The molecule has 0 aliphatic carbocycles. The monoisotopic (exact) mass is 386 g/mol. The second kappa shape index (κ2) is 8.00. The molecule has 4 nitrogen and oxygen atoms in total. The van der Waals surface area contributed by atoms with Gasteiger partial charge in [-0.2, -0.15) is 0 Å². The Balaban J connectivity index is 1.81. The van der Waals surface area contributed by atoms with Gasteiger partial charge in [0.15, 0.2) is 0 Å². The van der Waals surface area contributed by atoms with E-state index < -0.39 is 6.23 Å². The minimum Gasteiger partial charge on any atom is -0.491 e. The number of aliphatic hydroxyl groups is 1. The Kier molecular flexibility index (Phi) is 5.84. The van der Waals surface area contributed by atoms with Gasteiger partial charge in [-0.15, -0.1) is 0 Å². The molecular formula is C23H31FN2O2. The number of hydrogen-bond donors (Lipinski definition) is 2. The van der Waals surface area contributed by atoms with Gasteiger partial charge < -0.3 is 20.1 Å². The SMILES string of the molecule is Cc1cc(N2CCOc3cc(F)ccc3C2)cc(C)c1NC(O)CC(C)(C)C. The van der Waals surface area contributed by atoms with Gasteiger partial charge in [0.2, 0.25) is 0 Å². The summed E-state index contributed by atoms with van der Waals surface area (Å²) in [6, 6.07) is 8.99. The van der Waals surface area contributed by atoms with E-state index in [1.807, 2.05) is 0 Å². The van der Waals surface area contributed by atoms with Crippen LogP contribution in [0.3, 0.4) is 0 Å². The first-order valence-electron chi connectivity index (χ1n) is 9.84. The number of anilines is 2. The molecule has 1 atom stereocenters. The van der Waals surface area contributed by atoms with Crippen molar-refractivity contribution in [3.05, 3.63) is 52.8 Å². The molecule has 0 amide bonds. The third-order valence-electron chi connectivity index (χ3n) is 5.01. The lowest BCUT2D eigenvalue weighted by molar-refractivity contribution is 0.145. The van der Waals surface area contributed by atoms with E-state index in [2.05, 4.69) is 57.0 Å². The lowest BCUT2D eigenvalue weighted by Gasteiger charge is -2.27. The Hall–Kier alpha value is -2.27. The van der Waals surface area contributed by atoms with Crippen LogP contribution in [0.1, 0.15) is 43.9 Å². The highest BCUT2D eigenvalue weighted by molar-refractivity contribution is 5.65. The van der Waals surface area contributed by atoms with E-state index in [0.717, 1.165) is 34.6 Å². The summed E-state index contributed by atoms with van der Waals surface area (Å²) in [5.74, 6) is 0.350. The molecule has 28 heavy (non-hydrogen) atoms. The average Bonchev–Trinajstić information content (AvgIpc) is 2.78. The maximum absolute atomic E-state index is 13.5. The molecule has 2 N–H and O–H groups in total. The quantitative estimate of drug-likeness (QED) is 0.725. The van der Waals surface area contributed by atoms with Gasteiger partial charge in [-0.25, -0.2) is 4.39 Å². The van der Waals surface area contributed by atoms with E-state index >= 15 is 0 Å². The molecule has 1 aliphatic rings. The zero-order valence-electron chi connectivity index (χ0n) is 17.5. The third-order valence-corrected chi connectivity index (χ3v) is 5.01. The van der Waals surface area contributed by atoms with Crippen LogP contribution < -0.4 is 15.0 Å². The number of rotatable bonds is 4. The summed E-state index contributed by atoms with van der Waals surface area (Å²) >= 11 is 0. The van der Waals surface area contributed by atoms with Crippen molar-refractivity contribution in [1.82, 2.24) is 0 Å². The van der Waals surface area contributed by atoms with Crippen molar-refractivity contribution in [2.75, 3.05) is 23.4 Å². The molecule has 0 aromatic heterocycles. The van der Waals surface area contributed by atoms with Crippen molar-refractivity contribution in [3.8, 4) is 5.75 Å². The summed E-state index contributed by atoms with van der Waals surface area (Å²) in [6.45, 7) is 12.4. The molecule has 0 spiro atoms. The van der Waals surface area contributed by atoms with Crippen molar-refractivity contribution in [2.45, 2.75) is 53.8 Å². The minimum absolute atomic E-state index is 0.0487. The summed E-state index contributed by atoms with van der Waals surface area (Å²) in [6.07, 6.45) is 0.0846. The second-order valence-corrected chi connectivity index (χ2v) is 8.90. The van der Waals surface area contributed by atoms with E-state index in [4.69, 9.17) is 4.74 Å². The van der Waals surface area contributed by atoms with E-state index in [-0.39, 0.29) is 11.2 Å². The number of aliphatic hydroxyl groups excluding tert-OH is 1. The van der Waals surface area contributed by atoms with Crippen LogP contribution in [0.4, 0.5) is 15.8 Å². The number of nitrogens with zero attached hydrogens (tertiary/aromatic N) is 1. The summed E-state index contributed by atoms with van der Waals surface area (Å²) in [5.41, 5.74) is 5.30. The molecule has 152 valence electrons. The molecule has 3 rings (SSSR count). The number of ether oxygens (including phenoxy) is 1. The first-order valence-corrected chi connectivity index (χ1v) is 9.84. The van der Waals surface area contributed by atoms with Crippen LogP contribution in [0.2, 0.25) is 0 Å². The summed E-state index contributed by atoms with van der Waals surface area (Å²) in [4.78, 5) is 2.25. The zero-order valence-corrected chi connectivity index (χ0v) is 17.5. The molecule has 0 fully saturated rings. The van der Waals surface area contributed by atoms with Gasteiger partial charge in [0.1, 0.15) is 24.4 Å². The smallest absolute Gasteiger partial charge is 0.127 e. The molecule has 2 aromatic rings. The van der Waals surface area contributed by atoms with Crippen molar-refractivity contribution in [1.29, 1.82) is 0 Å². The van der Waals surface area contributed by atoms with Crippen LogP contribution in [-0.4, -0.2) is 24.5 Å². The molecule has 1 aliphatic heterocycles. The molecule has 5 heteroatoms. The van der Waals surface area contributed by atoms with Crippen molar-refractivity contribution < 1.29 is 14.2 Å². The van der Waals surface area contributed by atoms with Crippen molar-refractivity contribution in [3.63, 3.8) is 0 Å². The molecule has 0 radical (unpaired) electrons. The molecule has 0 saturated heterocycles. The molecular weight excluding hydrogens is 355 g/mol. The molecule has 0 saturated carbocycles. The maximum Gasteiger partial charge on any atom is 0.127 e. The van der Waals surface area contributed by atoms with Gasteiger partial charge in [-0.1, -0.05) is 26.8 Å². The number of benzene rings is 2. The van der Waals surface area contributed by atoms with Gasteiger partial charge >= 0.3 is 0 Å². The lowest BCUT2D eigenvalue weighted by Crippen LogP contribution is -2.27. The average molecular weight is 387 g/mol. The van der Waals surface area contributed by atoms with Crippen molar-refractivity contribution >= 4 is 11.4 Å². The highest BCUT2D eigenvalue weighted by Gasteiger charge is 2.20. The fourth-order valence-corrected chi connectivity index (χ4v) is 3.71. The fourth-order valence-electron chi connectivity index (χ4n) is 3.71. The second-order valence-electron chi connectivity index (χ2n) is 8.90. The largest absolute Gasteiger partial charge is 0.491 e. The molecule has 1 unspecified atom stereocenters. The van der Waals surface area contributed by atoms with Crippen LogP contribution in [0.15, 0.2) is 30.3 Å². The summed E-state index contributed by atoms with van der Waals surface area (Å²) in [5, 5.41) is 13.7. The van der Waals surface area contributed by atoms with Crippen molar-refractivity contribution in [2.24, 2.45) is 5.41 Å². The predicted molar refractivity (Wildman–Crippen MR) is 113 cm³/mol. The van der Waals surface area contributed by atoms with E-state index in [0.29, 0.717) is 25.3 Å². The highest BCUT2D eigenvalue weighted by atomic mass is 19.1. The van der Waals surface area contributed by atoms with E-state index in [9.17, 15) is 9.50 Å². The minimum atomic E-state index is -0.586. The Bertz CT molecular complexity index is 822. The number of aryl methyl sites for hydroxylation is 2. The molecule has 2 aromatic carbocycles. The normalized spacial score (nSPS) is 15.5. The highest BCUT2D eigenvalue weighted by Crippen LogP contribution is 2.32. The van der Waals surface area contributed by atoms with E-state index in [1.165, 1.54) is 12.1 Å². The van der Waals surface area contributed by atoms with Crippen LogP contribution in [-0.2, 0) is 6.54 Å². The van der Waals surface area contributed by atoms with Crippen LogP contribution in [0.25, 0.3) is 0 Å². The number of nitrogens with one attached hydrogen (secondary N) is 1. The Labute approximate surface area is 167 Å². The Morgan fingerprint density at radius 2 is 1.86 bits per heavy atom. The standard InChI is InChI=1S/C23H31FN2O2/c1-15-10-19(11-16(2)22(15)25-21(27)13-23(3,4)5)26-8-9-28-20-12-18(24)7-6-17(20)14-26/h6-7,10-12,21,25,27H,8-9,13-14H2,1-5H3. The van der Waals surface area contributed by atoms with Gasteiger partial charge in [-0.05, 0) is 55.0 Å². The van der Waals surface area contributed by atoms with Gasteiger partial charge in [0, 0.05) is 29.5 Å². The first kappa shape index (κ1) is 20.5. The predicted octanol–water partition coefficient (Wildman–Crippen LogP) is 5.01. The van der Waals surface area contributed by atoms with Crippen LogP contribution in [0.5, 0.6) is 5.75 Å². The number of hydrogen-bond acceptors (Lipinski definition) is 4. The van der Waals surface area contributed by atoms with Crippen LogP contribution in [0, 0.1) is 25.1 Å². The Morgan fingerprint density at radius 1 is 1.18 bits per heavy atom. The Morgan fingerprint density at radius 3 is 2.50 bits per heavy atom. The summed E-state index contributed by atoms with van der Waals surface area (Å²) in [7, 11) is 0.